The molecule has 21 heavy (non-hydrogen) atoms. The smallest absolute Gasteiger partial charge is 0.182 e. The second kappa shape index (κ2) is 5.43. The molecule has 1 nitrogen and oxygen atoms in total. The molecular weight excluding hydrogens is 275 g/mol. The Morgan fingerprint density at radius 3 is 2.48 bits per heavy atom. The Hall–Kier alpha value is -1.97. The molecule has 0 amide bonds. The molecule has 0 radical (unpaired) electrons. The first-order valence-electron chi connectivity index (χ1n) is 7.06. The Morgan fingerprint density at radius 2 is 1.71 bits per heavy atom. The summed E-state index contributed by atoms with van der Waals surface area (Å²) in [6, 6.07) is 9.35. The van der Waals surface area contributed by atoms with Crippen LogP contribution in [0, 0.1) is 17.5 Å². The van der Waals surface area contributed by atoms with Crippen molar-refractivity contribution in [2.24, 2.45) is 0 Å². The summed E-state index contributed by atoms with van der Waals surface area (Å²) in [5, 5.41) is 2.95. The Kier molecular flexibility index (Phi) is 3.62. The topological polar surface area (TPSA) is 12.0 Å². The van der Waals surface area contributed by atoms with Crippen LogP contribution in [0.1, 0.15) is 42.9 Å². The SMILES string of the molecule is CC1CCC(Nc2cc(F)cc(F)c2F)c2ccccc21. The fraction of sp³-hybridized carbons (Fsp3) is 0.294. The van der Waals surface area contributed by atoms with Gasteiger partial charge in [-0.1, -0.05) is 31.2 Å². The van der Waals surface area contributed by atoms with E-state index in [2.05, 4.69) is 18.3 Å². The van der Waals surface area contributed by atoms with Crippen LogP contribution in [0.25, 0.3) is 0 Å². The number of nitrogens with one attached hydrogen (secondary N) is 1. The van der Waals surface area contributed by atoms with Gasteiger partial charge in [-0.25, -0.2) is 13.2 Å². The van der Waals surface area contributed by atoms with E-state index in [9.17, 15) is 13.2 Å². The van der Waals surface area contributed by atoms with Crippen LogP contribution < -0.4 is 5.32 Å². The van der Waals surface area contributed by atoms with E-state index < -0.39 is 17.5 Å². The lowest BCUT2D eigenvalue weighted by atomic mass is 9.81. The van der Waals surface area contributed by atoms with Gasteiger partial charge in [0.15, 0.2) is 11.6 Å². The first-order valence-corrected chi connectivity index (χ1v) is 7.06. The summed E-state index contributed by atoms with van der Waals surface area (Å²) < 4.78 is 40.4. The van der Waals surface area contributed by atoms with Gasteiger partial charge in [0.25, 0.3) is 0 Å². The standard InChI is InChI=1S/C17H16F3N/c1-10-6-7-15(13-5-3-2-4-12(10)13)21-16-9-11(18)8-14(19)17(16)20/h2-5,8-10,15,21H,6-7H2,1H3. The molecule has 2 aromatic carbocycles. The zero-order valence-electron chi connectivity index (χ0n) is 11.7. The van der Waals surface area contributed by atoms with E-state index in [1.165, 1.54) is 5.56 Å². The number of hydrogen-bond acceptors (Lipinski definition) is 1. The van der Waals surface area contributed by atoms with Gasteiger partial charge in [-0.3, -0.25) is 0 Å². The number of rotatable bonds is 2. The third-order valence-corrected chi connectivity index (χ3v) is 4.11. The molecule has 2 atom stereocenters. The van der Waals surface area contributed by atoms with E-state index in [1.807, 2.05) is 18.2 Å². The quantitative estimate of drug-likeness (QED) is 0.754. The fourth-order valence-corrected chi connectivity index (χ4v) is 3.00. The third-order valence-electron chi connectivity index (χ3n) is 4.11. The van der Waals surface area contributed by atoms with Crippen molar-refractivity contribution < 1.29 is 13.2 Å². The van der Waals surface area contributed by atoms with Gasteiger partial charge < -0.3 is 5.32 Å². The molecule has 4 heteroatoms. The van der Waals surface area contributed by atoms with Crippen molar-refractivity contribution >= 4 is 5.69 Å². The fourth-order valence-electron chi connectivity index (χ4n) is 3.00. The average molecular weight is 291 g/mol. The van der Waals surface area contributed by atoms with Gasteiger partial charge in [0, 0.05) is 12.1 Å². The third kappa shape index (κ3) is 2.62. The molecule has 0 heterocycles. The second-order valence-electron chi connectivity index (χ2n) is 5.55. The predicted molar refractivity (Wildman–Crippen MR) is 76.8 cm³/mol. The van der Waals surface area contributed by atoms with Crippen molar-refractivity contribution in [2.45, 2.75) is 31.7 Å². The molecule has 1 N–H and O–H groups in total. The maximum Gasteiger partial charge on any atom is 0.182 e. The molecule has 0 aromatic heterocycles. The van der Waals surface area contributed by atoms with Crippen LogP contribution in [-0.2, 0) is 0 Å². The minimum absolute atomic E-state index is 0.123. The van der Waals surface area contributed by atoms with Crippen LogP contribution in [0.2, 0.25) is 0 Å². The number of anilines is 1. The van der Waals surface area contributed by atoms with Crippen LogP contribution in [0.5, 0.6) is 0 Å². The highest BCUT2D eigenvalue weighted by atomic mass is 19.2. The zero-order valence-corrected chi connectivity index (χ0v) is 11.7. The van der Waals surface area contributed by atoms with Crippen LogP contribution >= 0.6 is 0 Å². The summed E-state index contributed by atoms with van der Waals surface area (Å²) in [5.41, 5.74) is 2.15. The molecule has 0 bridgehead atoms. The van der Waals surface area contributed by atoms with Gasteiger partial charge in [-0.2, -0.15) is 0 Å². The van der Waals surface area contributed by atoms with Gasteiger partial charge in [-0.15, -0.1) is 0 Å². The highest BCUT2D eigenvalue weighted by Crippen LogP contribution is 2.39. The highest BCUT2D eigenvalue weighted by molar-refractivity contribution is 5.49. The lowest BCUT2D eigenvalue weighted by Gasteiger charge is -2.31. The van der Waals surface area contributed by atoms with Crippen molar-refractivity contribution in [1.82, 2.24) is 0 Å². The Labute approximate surface area is 121 Å². The maximum absolute atomic E-state index is 13.8. The van der Waals surface area contributed by atoms with Crippen LogP contribution in [0.3, 0.4) is 0 Å². The zero-order chi connectivity index (χ0) is 15.0. The summed E-state index contributed by atoms with van der Waals surface area (Å²) in [6.45, 7) is 2.15. The molecule has 3 rings (SSSR count). The Bertz CT molecular complexity index is 669. The Balaban J connectivity index is 1.95. The summed E-state index contributed by atoms with van der Waals surface area (Å²) in [5.74, 6) is -2.55. The van der Waals surface area contributed by atoms with E-state index in [0.717, 1.165) is 24.5 Å². The molecule has 1 aliphatic rings. The van der Waals surface area contributed by atoms with Gasteiger partial charge in [0.2, 0.25) is 0 Å². The van der Waals surface area contributed by atoms with Gasteiger partial charge >= 0.3 is 0 Å². The van der Waals surface area contributed by atoms with Gasteiger partial charge in [-0.05, 0) is 29.9 Å². The van der Waals surface area contributed by atoms with E-state index in [-0.39, 0.29) is 11.7 Å². The molecule has 0 saturated heterocycles. The van der Waals surface area contributed by atoms with Crippen molar-refractivity contribution in [3.8, 4) is 0 Å². The highest BCUT2D eigenvalue weighted by Gasteiger charge is 2.25. The van der Waals surface area contributed by atoms with Crippen molar-refractivity contribution in [3.05, 3.63) is 65.0 Å². The number of fused-ring (bicyclic) bond motifs is 1. The number of halogens is 3. The molecule has 1 aliphatic carbocycles. The van der Waals surface area contributed by atoms with E-state index >= 15 is 0 Å². The molecular formula is C17H16F3N. The first-order chi connectivity index (χ1) is 10.1. The van der Waals surface area contributed by atoms with Crippen molar-refractivity contribution in [3.63, 3.8) is 0 Å². The summed E-state index contributed by atoms with van der Waals surface area (Å²) in [4.78, 5) is 0. The molecule has 0 spiro atoms. The van der Waals surface area contributed by atoms with Crippen molar-refractivity contribution in [1.29, 1.82) is 0 Å². The van der Waals surface area contributed by atoms with E-state index in [4.69, 9.17) is 0 Å². The van der Waals surface area contributed by atoms with Crippen LogP contribution in [-0.4, -0.2) is 0 Å². The first kappa shape index (κ1) is 14.0. The summed E-state index contributed by atoms with van der Waals surface area (Å²) in [6.07, 6.45) is 1.75. The van der Waals surface area contributed by atoms with Crippen LogP contribution in [0.4, 0.5) is 18.9 Å². The van der Waals surface area contributed by atoms with E-state index in [1.54, 1.807) is 0 Å². The Morgan fingerprint density at radius 1 is 1.00 bits per heavy atom. The number of hydrogen-bond donors (Lipinski definition) is 1. The molecule has 110 valence electrons. The van der Waals surface area contributed by atoms with Crippen LogP contribution in [0.15, 0.2) is 36.4 Å². The summed E-state index contributed by atoms with van der Waals surface area (Å²) >= 11 is 0. The normalized spacial score (nSPS) is 21.0. The predicted octanol–water partition coefficient (Wildman–Crippen LogP) is 5.15. The molecule has 2 aromatic rings. The largest absolute Gasteiger partial charge is 0.376 e. The lowest BCUT2D eigenvalue weighted by molar-refractivity contribution is 0.490. The molecule has 0 saturated carbocycles. The maximum atomic E-state index is 13.8. The lowest BCUT2D eigenvalue weighted by Crippen LogP contribution is -2.20. The second-order valence-corrected chi connectivity index (χ2v) is 5.55. The molecule has 0 aliphatic heterocycles. The monoisotopic (exact) mass is 291 g/mol. The van der Waals surface area contributed by atoms with Gasteiger partial charge in [0.1, 0.15) is 5.82 Å². The van der Waals surface area contributed by atoms with Crippen molar-refractivity contribution in [2.75, 3.05) is 5.32 Å². The van der Waals surface area contributed by atoms with Gasteiger partial charge in [0.05, 0.1) is 11.7 Å². The van der Waals surface area contributed by atoms with E-state index in [0.29, 0.717) is 12.0 Å². The number of benzene rings is 2. The minimum atomic E-state index is -1.17. The summed E-state index contributed by atoms with van der Waals surface area (Å²) in [7, 11) is 0. The minimum Gasteiger partial charge on any atom is -0.376 e. The average Bonchev–Trinajstić information content (AvgIpc) is 2.47. The molecule has 0 fully saturated rings. The molecule has 2 unspecified atom stereocenters.